The van der Waals surface area contributed by atoms with Gasteiger partial charge in [-0.1, -0.05) is 29.8 Å². The summed E-state index contributed by atoms with van der Waals surface area (Å²) in [6, 6.07) is 13.0. The molecule has 2 atom stereocenters. The number of anilines is 1. The van der Waals surface area contributed by atoms with Crippen molar-refractivity contribution in [1.82, 2.24) is 4.90 Å². The minimum absolute atomic E-state index is 0.246. The Kier molecular flexibility index (Phi) is 7.00. The van der Waals surface area contributed by atoms with E-state index in [1.165, 1.54) is 6.92 Å². The van der Waals surface area contributed by atoms with E-state index < -0.39 is 18.0 Å². The Labute approximate surface area is 182 Å². The molecule has 6 nitrogen and oxygen atoms in total. The summed E-state index contributed by atoms with van der Waals surface area (Å²) in [5.41, 5.74) is 2.54. The molecule has 1 amide bonds. The first-order valence-electron chi connectivity index (χ1n) is 9.86. The average Bonchev–Trinajstić information content (AvgIpc) is 2.81. The first kappa shape index (κ1) is 22.1. The van der Waals surface area contributed by atoms with Crippen LogP contribution in [0.5, 0.6) is 5.75 Å². The smallest absolute Gasteiger partial charge is 0.303 e. The topological polar surface area (TPSA) is 59.1 Å². The van der Waals surface area contributed by atoms with Crippen molar-refractivity contribution in [1.29, 1.82) is 0 Å². The molecular formula is C23H27ClN2O4. The molecule has 1 aliphatic heterocycles. The molecule has 2 aromatic rings. The molecule has 0 bridgehead atoms. The molecule has 0 aromatic heterocycles. The molecule has 3 rings (SSSR count). The van der Waals surface area contributed by atoms with E-state index in [0.29, 0.717) is 30.3 Å². The lowest BCUT2D eigenvalue weighted by atomic mass is 9.87. The van der Waals surface area contributed by atoms with Gasteiger partial charge in [0.15, 0.2) is 6.10 Å². The Morgan fingerprint density at radius 1 is 1.23 bits per heavy atom. The van der Waals surface area contributed by atoms with Gasteiger partial charge in [-0.05, 0) is 50.3 Å². The molecule has 2 aromatic carbocycles. The lowest BCUT2D eigenvalue weighted by Crippen LogP contribution is -2.45. The van der Waals surface area contributed by atoms with Gasteiger partial charge in [0.05, 0.1) is 7.11 Å². The van der Waals surface area contributed by atoms with Crippen molar-refractivity contribution in [2.24, 2.45) is 0 Å². The van der Waals surface area contributed by atoms with Gasteiger partial charge in [0.1, 0.15) is 5.75 Å². The maximum Gasteiger partial charge on any atom is 0.303 e. The molecule has 160 valence electrons. The van der Waals surface area contributed by atoms with E-state index in [2.05, 4.69) is 0 Å². The fraction of sp³-hybridized carbons (Fsp3) is 0.391. The molecule has 0 saturated carbocycles. The van der Waals surface area contributed by atoms with Gasteiger partial charge in [0.2, 0.25) is 0 Å². The minimum Gasteiger partial charge on any atom is -0.496 e. The van der Waals surface area contributed by atoms with Crippen LogP contribution in [-0.4, -0.2) is 57.2 Å². The van der Waals surface area contributed by atoms with Gasteiger partial charge in [0, 0.05) is 42.2 Å². The number of esters is 1. The third-order valence-corrected chi connectivity index (χ3v) is 5.48. The van der Waals surface area contributed by atoms with Crippen LogP contribution in [0.4, 0.5) is 5.69 Å². The highest BCUT2D eigenvalue weighted by atomic mass is 35.5. The molecule has 30 heavy (non-hydrogen) atoms. The van der Waals surface area contributed by atoms with Gasteiger partial charge in [-0.15, -0.1) is 0 Å². The molecule has 0 spiro atoms. The Hall–Kier alpha value is -2.57. The van der Waals surface area contributed by atoms with Gasteiger partial charge in [-0.2, -0.15) is 0 Å². The van der Waals surface area contributed by atoms with Gasteiger partial charge in [0.25, 0.3) is 5.91 Å². The van der Waals surface area contributed by atoms with Crippen LogP contribution in [0.25, 0.3) is 0 Å². The minimum atomic E-state index is -0.966. The summed E-state index contributed by atoms with van der Waals surface area (Å²) in [6.45, 7) is 2.46. The number of benzene rings is 2. The molecule has 1 aliphatic rings. The number of hydrogen-bond acceptors (Lipinski definition) is 5. The zero-order valence-electron chi connectivity index (χ0n) is 17.7. The van der Waals surface area contributed by atoms with E-state index in [0.717, 1.165) is 16.8 Å². The fourth-order valence-electron chi connectivity index (χ4n) is 3.86. The second kappa shape index (κ2) is 9.49. The summed E-state index contributed by atoms with van der Waals surface area (Å²) in [7, 11) is 5.49. The highest BCUT2D eigenvalue weighted by Crippen LogP contribution is 2.40. The normalized spacial score (nSPS) is 18.7. The molecule has 0 N–H and O–H groups in total. The monoisotopic (exact) mass is 430 g/mol. The lowest BCUT2D eigenvalue weighted by Gasteiger charge is -2.29. The number of para-hydroxylation sites is 1. The predicted octanol–water partition coefficient (Wildman–Crippen LogP) is 3.51. The van der Waals surface area contributed by atoms with Crippen LogP contribution in [0, 0.1) is 0 Å². The van der Waals surface area contributed by atoms with Gasteiger partial charge >= 0.3 is 5.97 Å². The van der Waals surface area contributed by atoms with E-state index in [1.54, 1.807) is 18.1 Å². The molecule has 0 aliphatic carbocycles. The number of ether oxygens (including phenoxy) is 2. The lowest BCUT2D eigenvalue weighted by molar-refractivity contribution is -0.154. The van der Waals surface area contributed by atoms with Crippen molar-refractivity contribution in [3.8, 4) is 5.75 Å². The number of hydrogen-bond donors (Lipinski definition) is 0. The summed E-state index contributed by atoms with van der Waals surface area (Å²) in [5, 5.41) is 0.596. The van der Waals surface area contributed by atoms with Crippen molar-refractivity contribution >= 4 is 29.2 Å². The van der Waals surface area contributed by atoms with Crippen LogP contribution >= 0.6 is 11.6 Å². The van der Waals surface area contributed by atoms with Crippen LogP contribution in [0.3, 0.4) is 0 Å². The number of halogens is 1. The largest absolute Gasteiger partial charge is 0.496 e. The maximum atomic E-state index is 13.7. The number of likely N-dealkylation sites (N-methyl/N-ethyl adjacent to an activating group) is 1. The number of methoxy groups -OCH3 is 1. The molecule has 1 heterocycles. The number of carbonyl (C=O) groups excluding carboxylic acids is 2. The molecule has 0 unspecified atom stereocenters. The SMILES string of the molecule is COc1ccccc1[C@@H]1Cc2cc(Cl)ccc2N(CCN(C)C)C(=O)[C@@H]1OC(C)=O. The zero-order chi connectivity index (χ0) is 21.8. The molecule has 0 fully saturated rings. The number of amides is 1. The number of nitrogens with zero attached hydrogens (tertiary/aromatic N) is 2. The summed E-state index contributed by atoms with van der Waals surface area (Å²) in [6.07, 6.45) is -0.481. The van der Waals surface area contributed by atoms with Crippen LogP contribution in [0.15, 0.2) is 42.5 Å². The molecule has 0 radical (unpaired) electrons. The summed E-state index contributed by atoms with van der Waals surface area (Å²) in [5.74, 6) is -0.495. The Morgan fingerprint density at radius 3 is 2.63 bits per heavy atom. The number of rotatable bonds is 6. The second-order valence-electron chi connectivity index (χ2n) is 7.65. The standard InChI is InChI=1S/C23H27ClN2O4/c1-15(27)30-22-19(18-7-5-6-8-21(18)29-4)14-16-13-17(24)9-10-20(16)26(23(22)28)12-11-25(2)3/h5-10,13,19,22H,11-12,14H2,1-4H3/t19-,22+/m0/s1. The molecule has 0 saturated heterocycles. The van der Waals surface area contributed by atoms with E-state index in [4.69, 9.17) is 21.1 Å². The van der Waals surface area contributed by atoms with Crippen LogP contribution < -0.4 is 9.64 Å². The summed E-state index contributed by atoms with van der Waals surface area (Å²) < 4.78 is 11.2. The third kappa shape index (κ3) is 4.77. The Balaban J connectivity index is 2.15. The first-order valence-corrected chi connectivity index (χ1v) is 10.2. The van der Waals surface area contributed by atoms with Crippen LogP contribution in [-0.2, 0) is 20.7 Å². The Morgan fingerprint density at radius 2 is 1.97 bits per heavy atom. The van der Waals surface area contributed by atoms with Crippen molar-refractivity contribution in [2.45, 2.75) is 25.4 Å². The quantitative estimate of drug-likeness (QED) is 0.656. The third-order valence-electron chi connectivity index (χ3n) is 5.25. The van der Waals surface area contributed by atoms with Crippen LogP contribution in [0.2, 0.25) is 5.02 Å². The van der Waals surface area contributed by atoms with E-state index in [1.807, 2.05) is 55.4 Å². The average molecular weight is 431 g/mol. The van der Waals surface area contributed by atoms with Crippen molar-refractivity contribution < 1.29 is 19.1 Å². The summed E-state index contributed by atoms with van der Waals surface area (Å²) in [4.78, 5) is 29.3. The Bertz CT molecular complexity index is 931. The second-order valence-corrected chi connectivity index (χ2v) is 8.09. The van der Waals surface area contributed by atoms with Crippen molar-refractivity contribution in [3.05, 3.63) is 58.6 Å². The van der Waals surface area contributed by atoms with Gasteiger partial charge < -0.3 is 19.3 Å². The summed E-state index contributed by atoms with van der Waals surface area (Å²) >= 11 is 6.29. The predicted molar refractivity (Wildman–Crippen MR) is 117 cm³/mol. The van der Waals surface area contributed by atoms with Crippen molar-refractivity contribution in [3.63, 3.8) is 0 Å². The van der Waals surface area contributed by atoms with Gasteiger partial charge in [-0.3, -0.25) is 9.59 Å². The molecule has 7 heteroatoms. The van der Waals surface area contributed by atoms with E-state index >= 15 is 0 Å². The maximum absolute atomic E-state index is 13.7. The number of fused-ring (bicyclic) bond motifs is 1. The molecular weight excluding hydrogens is 404 g/mol. The van der Waals surface area contributed by atoms with E-state index in [9.17, 15) is 9.59 Å². The fourth-order valence-corrected chi connectivity index (χ4v) is 4.05. The van der Waals surface area contributed by atoms with E-state index in [-0.39, 0.29) is 5.91 Å². The highest BCUT2D eigenvalue weighted by molar-refractivity contribution is 6.30. The van der Waals surface area contributed by atoms with Crippen molar-refractivity contribution in [2.75, 3.05) is 39.2 Å². The number of carbonyl (C=O) groups is 2. The van der Waals surface area contributed by atoms with Crippen LogP contribution in [0.1, 0.15) is 24.0 Å². The first-order chi connectivity index (χ1) is 14.3. The van der Waals surface area contributed by atoms with Gasteiger partial charge in [-0.25, -0.2) is 0 Å². The highest BCUT2D eigenvalue weighted by Gasteiger charge is 2.41. The zero-order valence-corrected chi connectivity index (χ0v) is 18.5.